The second-order valence-electron chi connectivity index (χ2n) is 6.83. The third-order valence-electron chi connectivity index (χ3n) is 5.14. The molecule has 0 bridgehead atoms. The third-order valence-corrected chi connectivity index (χ3v) is 5.14. The predicted molar refractivity (Wildman–Crippen MR) is 95.9 cm³/mol. The number of rotatable bonds is 2. The van der Waals surface area contributed by atoms with E-state index < -0.39 is 0 Å². The maximum Gasteiger partial charge on any atom is 0.170 e. The lowest BCUT2D eigenvalue weighted by molar-refractivity contribution is 0.415. The number of piperidine rings is 1. The van der Waals surface area contributed by atoms with Crippen molar-refractivity contribution in [3.8, 4) is 0 Å². The van der Waals surface area contributed by atoms with Crippen molar-refractivity contribution in [2.24, 2.45) is 0 Å². The van der Waals surface area contributed by atoms with E-state index in [4.69, 9.17) is 4.52 Å². The van der Waals surface area contributed by atoms with Crippen LogP contribution in [0.1, 0.15) is 30.1 Å². The molecule has 26 heavy (non-hydrogen) atoms. The van der Waals surface area contributed by atoms with Crippen LogP contribution in [-0.4, -0.2) is 32.8 Å². The lowest BCUT2D eigenvalue weighted by Crippen LogP contribution is -2.34. The summed E-state index contributed by atoms with van der Waals surface area (Å²) in [6, 6.07) is 8.63. The van der Waals surface area contributed by atoms with Gasteiger partial charge < -0.3 is 9.42 Å². The van der Waals surface area contributed by atoms with E-state index in [-0.39, 0.29) is 5.82 Å². The molecule has 1 aliphatic rings. The summed E-state index contributed by atoms with van der Waals surface area (Å²) in [5.74, 6) is 1.09. The summed E-state index contributed by atoms with van der Waals surface area (Å²) in [4.78, 5) is 6.85. The first-order chi connectivity index (χ1) is 12.7. The highest BCUT2D eigenvalue weighted by Crippen LogP contribution is 2.34. The summed E-state index contributed by atoms with van der Waals surface area (Å²) >= 11 is 0. The first-order valence-electron chi connectivity index (χ1n) is 8.80. The van der Waals surface area contributed by atoms with Crippen LogP contribution in [0, 0.1) is 12.7 Å². The van der Waals surface area contributed by atoms with Crippen molar-refractivity contribution in [2.45, 2.75) is 25.7 Å². The molecule has 0 aliphatic carbocycles. The zero-order chi connectivity index (χ0) is 17.7. The number of benzene rings is 1. The molecule has 1 fully saturated rings. The van der Waals surface area contributed by atoms with Crippen molar-refractivity contribution in [3.05, 3.63) is 53.7 Å². The summed E-state index contributed by atoms with van der Waals surface area (Å²) in [6.45, 7) is 3.81. The highest BCUT2D eigenvalue weighted by molar-refractivity contribution is 5.80. The minimum absolute atomic E-state index is 0.300. The maximum atomic E-state index is 13.4. The van der Waals surface area contributed by atoms with Gasteiger partial charge in [-0.2, -0.15) is 9.61 Å². The number of hydrogen-bond donors (Lipinski definition) is 0. The zero-order valence-electron chi connectivity index (χ0n) is 14.4. The fourth-order valence-electron chi connectivity index (χ4n) is 3.85. The van der Waals surface area contributed by atoms with Crippen LogP contribution in [0.15, 0.2) is 41.1 Å². The number of nitrogens with zero attached hydrogens (tertiary/aromatic N) is 5. The van der Waals surface area contributed by atoms with Gasteiger partial charge in [0.05, 0.1) is 11.9 Å². The molecular weight excluding hydrogens is 333 g/mol. The number of aryl methyl sites for hydroxylation is 1. The summed E-state index contributed by atoms with van der Waals surface area (Å²) in [6.07, 6.45) is 3.70. The highest BCUT2D eigenvalue weighted by Gasteiger charge is 2.26. The number of fused-ring (bicyclic) bond motifs is 2. The van der Waals surface area contributed by atoms with Crippen LogP contribution in [0.4, 0.5) is 10.2 Å². The Kier molecular flexibility index (Phi) is 3.41. The number of hydrogen-bond acceptors (Lipinski definition) is 5. The van der Waals surface area contributed by atoms with Gasteiger partial charge in [-0.25, -0.2) is 9.37 Å². The Bertz CT molecular complexity index is 1090. The molecule has 0 amide bonds. The van der Waals surface area contributed by atoms with Gasteiger partial charge >= 0.3 is 0 Å². The largest absolute Gasteiger partial charge is 0.356 e. The molecule has 0 unspecified atom stereocenters. The molecule has 3 aromatic heterocycles. The van der Waals surface area contributed by atoms with Crippen molar-refractivity contribution in [1.29, 1.82) is 0 Å². The topological polar surface area (TPSA) is 59.5 Å². The molecule has 7 heteroatoms. The number of anilines is 1. The molecule has 5 rings (SSSR count). The summed E-state index contributed by atoms with van der Waals surface area (Å²) in [5, 5.41) is 9.54. The average molecular weight is 351 g/mol. The fourth-order valence-corrected chi connectivity index (χ4v) is 3.85. The Morgan fingerprint density at radius 2 is 2.00 bits per heavy atom. The summed E-state index contributed by atoms with van der Waals surface area (Å²) < 4.78 is 20.6. The van der Waals surface area contributed by atoms with E-state index in [1.165, 1.54) is 12.1 Å². The Hall–Kier alpha value is -2.96. The zero-order valence-corrected chi connectivity index (χ0v) is 14.4. The first kappa shape index (κ1) is 15.3. The monoisotopic (exact) mass is 351 g/mol. The van der Waals surface area contributed by atoms with Gasteiger partial charge in [0.1, 0.15) is 11.6 Å². The Balaban J connectivity index is 1.41. The van der Waals surface area contributed by atoms with Gasteiger partial charge in [0.25, 0.3) is 0 Å². The van der Waals surface area contributed by atoms with Crippen LogP contribution >= 0.6 is 0 Å². The fraction of sp³-hybridized carbons (Fsp3) is 0.316. The van der Waals surface area contributed by atoms with Gasteiger partial charge in [-0.05, 0) is 31.9 Å². The lowest BCUT2D eigenvalue weighted by atomic mass is 9.91. The third kappa shape index (κ3) is 2.42. The van der Waals surface area contributed by atoms with E-state index in [0.717, 1.165) is 54.2 Å². The van der Waals surface area contributed by atoms with Gasteiger partial charge in [-0.1, -0.05) is 5.16 Å². The van der Waals surface area contributed by atoms with Gasteiger partial charge in [0.15, 0.2) is 11.2 Å². The van der Waals surface area contributed by atoms with Crippen LogP contribution in [0.2, 0.25) is 0 Å². The molecule has 132 valence electrons. The summed E-state index contributed by atoms with van der Waals surface area (Å²) in [7, 11) is 0. The van der Waals surface area contributed by atoms with Crippen LogP contribution in [0.5, 0.6) is 0 Å². The molecule has 0 spiro atoms. The normalized spacial score (nSPS) is 16.0. The number of aromatic nitrogens is 4. The van der Waals surface area contributed by atoms with Crippen LogP contribution in [0.25, 0.3) is 16.6 Å². The Labute approximate surface area is 149 Å². The minimum atomic E-state index is -0.300. The van der Waals surface area contributed by atoms with E-state index >= 15 is 0 Å². The minimum Gasteiger partial charge on any atom is -0.356 e. The Morgan fingerprint density at radius 1 is 1.15 bits per heavy atom. The van der Waals surface area contributed by atoms with E-state index in [0.29, 0.717) is 11.5 Å². The van der Waals surface area contributed by atoms with Gasteiger partial charge in [-0.3, -0.25) is 0 Å². The second kappa shape index (κ2) is 5.79. The highest BCUT2D eigenvalue weighted by atomic mass is 19.1. The van der Waals surface area contributed by atoms with Crippen molar-refractivity contribution >= 4 is 22.4 Å². The van der Waals surface area contributed by atoms with Crippen molar-refractivity contribution in [3.63, 3.8) is 0 Å². The quantitative estimate of drug-likeness (QED) is 0.551. The summed E-state index contributed by atoms with van der Waals surface area (Å²) in [5.41, 5.74) is 3.31. The van der Waals surface area contributed by atoms with Crippen molar-refractivity contribution in [2.75, 3.05) is 18.0 Å². The smallest absolute Gasteiger partial charge is 0.170 e. The molecule has 0 N–H and O–H groups in total. The van der Waals surface area contributed by atoms with Gasteiger partial charge in [0, 0.05) is 48.3 Å². The average Bonchev–Trinajstić information content (AvgIpc) is 3.27. The SMILES string of the molecule is Cc1cc(N2CCC(c3noc4cc(F)ccc34)CC2)n2nccc2n1. The molecular formula is C19H18FN5O. The van der Waals surface area contributed by atoms with Crippen molar-refractivity contribution < 1.29 is 8.91 Å². The lowest BCUT2D eigenvalue weighted by Gasteiger charge is -2.33. The van der Waals surface area contributed by atoms with E-state index in [1.807, 2.05) is 17.5 Å². The van der Waals surface area contributed by atoms with Crippen LogP contribution in [0.3, 0.4) is 0 Å². The molecule has 0 saturated carbocycles. The molecule has 1 aliphatic heterocycles. The van der Waals surface area contributed by atoms with Gasteiger partial charge in [-0.15, -0.1) is 0 Å². The van der Waals surface area contributed by atoms with Crippen LogP contribution in [-0.2, 0) is 0 Å². The standard InChI is InChI=1S/C19H18FN5O/c1-12-10-18(25-17(22-12)4-7-21-25)24-8-5-13(6-9-24)19-15-3-2-14(20)11-16(15)26-23-19/h2-4,7,10-11,13H,5-6,8-9H2,1H3. The van der Waals surface area contributed by atoms with Crippen LogP contribution < -0.4 is 4.90 Å². The second-order valence-corrected chi connectivity index (χ2v) is 6.83. The van der Waals surface area contributed by atoms with E-state index in [2.05, 4.69) is 26.2 Å². The molecule has 0 radical (unpaired) electrons. The molecule has 1 aromatic carbocycles. The maximum absolute atomic E-state index is 13.4. The molecule has 6 nitrogen and oxygen atoms in total. The number of halogens is 1. The first-order valence-corrected chi connectivity index (χ1v) is 8.80. The predicted octanol–water partition coefficient (Wildman–Crippen LogP) is 3.70. The molecule has 4 aromatic rings. The molecule has 0 atom stereocenters. The van der Waals surface area contributed by atoms with Crippen molar-refractivity contribution in [1.82, 2.24) is 19.8 Å². The van der Waals surface area contributed by atoms with E-state index in [1.54, 1.807) is 12.3 Å². The molecule has 1 saturated heterocycles. The Morgan fingerprint density at radius 3 is 2.85 bits per heavy atom. The molecule has 4 heterocycles. The van der Waals surface area contributed by atoms with E-state index in [9.17, 15) is 4.39 Å². The van der Waals surface area contributed by atoms with Gasteiger partial charge in [0.2, 0.25) is 0 Å².